The largest absolute Gasteiger partial charge is 0.482 e. The lowest BCUT2D eigenvalue weighted by Crippen LogP contribution is -2.24. The number of halogens is 2. The molecule has 1 atom stereocenters. The molecule has 2 rings (SSSR count). The first kappa shape index (κ1) is 15.1. The van der Waals surface area contributed by atoms with E-state index < -0.39 is 6.10 Å². The van der Waals surface area contributed by atoms with E-state index in [9.17, 15) is 4.79 Å². The number of rotatable bonds is 4. The molecule has 0 amide bonds. The fourth-order valence-corrected chi connectivity index (χ4v) is 2.33. The lowest BCUT2D eigenvalue weighted by Gasteiger charge is -2.15. The summed E-state index contributed by atoms with van der Waals surface area (Å²) in [6.45, 7) is 3.65. The van der Waals surface area contributed by atoms with Crippen molar-refractivity contribution in [1.29, 1.82) is 0 Å². The van der Waals surface area contributed by atoms with Crippen LogP contribution < -0.4 is 4.74 Å². The highest BCUT2D eigenvalue weighted by Crippen LogP contribution is 2.23. The molecule has 1 unspecified atom stereocenters. The number of carbonyl (C=O) groups is 1. The average molecular weight is 354 g/mol. The van der Waals surface area contributed by atoms with E-state index >= 15 is 0 Å². The van der Waals surface area contributed by atoms with E-state index in [1.807, 2.05) is 25.1 Å². The third kappa shape index (κ3) is 3.62. The minimum Gasteiger partial charge on any atom is -0.482 e. The predicted molar refractivity (Wildman–Crippen MR) is 84.8 cm³/mol. The number of hydrogen-bond acceptors (Lipinski definition) is 2. The van der Waals surface area contributed by atoms with Crippen LogP contribution in [0.5, 0.6) is 5.75 Å². The highest BCUT2D eigenvalue weighted by molar-refractivity contribution is 9.10. The molecular weight excluding hydrogens is 340 g/mol. The van der Waals surface area contributed by atoms with Gasteiger partial charge in [-0.15, -0.1) is 0 Å². The topological polar surface area (TPSA) is 26.3 Å². The molecule has 2 nitrogen and oxygen atoms in total. The Bertz CT molecular complexity index is 623. The standard InChI is InChI=1S/C16H14BrClO2/c1-10-9-14(18)7-8-15(10)20-11(2)16(19)12-3-5-13(17)6-4-12/h3-9,11H,1-2H3. The van der Waals surface area contributed by atoms with Crippen LogP contribution in [0, 0.1) is 6.92 Å². The molecule has 0 fully saturated rings. The van der Waals surface area contributed by atoms with Gasteiger partial charge in [0.2, 0.25) is 5.78 Å². The van der Waals surface area contributed by atoms with Gasteiger partial charge in [0.1, 0.15) is 5.75 Å². The SMILES string of the molecule is Cc1cc(Cl)ccc1OC(C)C(=O)c1ccc(Br)cc1. The summed E-state index contributed by atoms with van der Waals surface area (Å²) < 4.78 is 6.67. The lowest BCUT2D eigenvalue weighted by atomic mass is 10.1. The molecule has 4 heteroatoms. The van der Waals surface area contributed by atoms with Crippen LogP contribution in [0.4, 0.5) is 0 Å². The molecule has 0 aromatic heterocycles. The second-order valence-electron chi connectivity index (χ2n) is 4.54. The van der Waals surface area contributed by atoms with E-state index in [0.29, 0.717) is 16.3 Å². The summed E-state index contributed by atoms with van der Waals surface area (Å²) in [5.41, 5.74) is 1.54. The van der Waals surface area contributed by atoms with E-state index in [-0.39, 0.29) is 5.78 Å². The van der Waals surface area contributed by atoms with Crippen LogP contribution in [0.3, 0.4) is 0 Å². The highest BCUT2D eigenvalue weighted by atomic mass is 79.9. The summed E-state index contributed by atoms with van der Waals surface area (Å²) in [6.07, 6.45) is -0.545. The first-order valence-electron chi connectivity index (χ1n) is 6.20. The number of benzene rings is 2. The number of ether oxygens (including phenoxy) is 1. The van der Waals surface area contributed by atoms with Crippen molar-refractivity contribution < 1.29 is 9.53 Å². The zero-order chi connectivity index (χ0) is 14.7. The predicted octanol–water partition coefficient (Wildman–Crippen LogP) is 5.06. The summed E-state index contributed by atoms with van der Waals surface area (Å²) in [6, 6.07) is 12.6. The van der Waals surface area contributed by atoms with Gasteiger partial charge in [0.05, 0.1) is 0 Å². The van der Waals surface area contributed by atoms with Gasteiger partial charge >= 0.3 is 0 Å². The van der Waals surface area contributed by atoms with Gasteiger partial charge in [-0.05, 0) is 49.7 Å². The second kappa shape index (κ2) is 6.42. The van der Waals surface area contributed by atoms with Gasteiger partial charge in [0, 0.05) is 15.1 Å². The van der Waals surface area contributed by atoms with Crippen molar-refractivity contribution in [2.45, 2.75) is 20.0 Å². The van der Waals surface area contributed by atoms with E-state index in [4.69, 9.17) is 16.3 Å². The molecule has 0 saturated carbocycles. The van der Waals surface area contributed by atoms with Crippen molar-refractivity contribution >= 4 is 33.3 Å². The summed E-state index contributed by atoms with van der Waals surface area (Å²) >= 11 is 9.25. The Kier molecular flexibility index (Phi) is 4.84. The molecular formula is C16H14BrClO2. The van der Waals surface area contributed by atoms with Crippen LogP contribution >= 0.6 is 27.5 Å². The van der Waals surface area contributed by atoms with E-state index in [1.165, 1.54) is 0 Å². The number of carbonyl (C=O) groups excluding carboxylic acids is 1. The minimum absolute atomic E-state index is 0.0492. The molecule has 2 aromatic carbocycles. The van der Waals surface area contributed by atoms with Crippen LogP contribution in [0.25, 0.3) is 0 Å². The number of ketones is 1. The van der Waals surface area contributed by atoms with Crippen LogP contribution in [-0.4, -0.2) is 11.9 Å². The maximum absolute atomic E-state index is 12.3. The fraction of sp³-hybridized carbons (Fsp3) is 0.188. The first-order chi connectivity index (χ1) is 9.47. The zero-order valence-electron chi connectivity index (χ0n) is 11.2. The normalized spacial score (nSPS) is 12.0. The third-order valence-corrected chi connectivity index (χ3v) is 3.70. The van der Waals surface area contributed by atoms with E-state index in [2.05, 4.69) is 15.9 Å². The molecule has 0 heterocycles. The van der Waals surface area contributed by atoms with Crippen molar-refractivity contribution in [2.75, 3.05) is 0 Å². The number of hydrogen-bond donors (Lipinski definition) is 0. The van der Waals surface area contributed by atoms with Gasteiger partial charge in [-0.25, -0.2) is 0 Å². The van der Waals surface area contributed by atoms with Gasteiger partial charge in [-0.1, -0.05) is 39.7 Å². The summed E-state index contributed by atoms with van der Waals surface area (Å²) in [5, 5.41) is 0.654. The van der Waals surface area contributed by atoms with Crippen molar-refractivity contribution in [1.82, 2.24) is 0 Å². The summed E-state index contributed by atoms with van der Waals surface area (Å²) in [7, 11) is 0. The zero-order valence-corrected chi connectivity index (χ0v) is 13.5. The van der Waals surface area contributed by atoms with Gasteiger partial charge < -0.3 is 4.74 Å². The van der Waals surface area contributed by atoms with Crippen LogP contribution in [0.15, 0.2) is 46.9 Å². The average Bonchev–Trinajstić information content (AvgIpc) is 2.42. The Labute approximate surface area is 131 Å². The molecule has 20 heavy (non-hydrogen) atoms. The van der Waals surface area contributed by atoms with Crippen molar-refractivity contribution in [3.63, 3.8) is 0 Å². The Morgan fingerprint density at radius 3 is 2.45 bits per heavy atom. The Balaban J connectivity index is 2.13. The summed E-state index contributed by atoms with van der Waals surface area (Å²) in [4.78, 5) is 12.3. The van der Waals surface area contributed by atoms with Crippen LogP contribution in [-0.2, 0) is 0 Å². The molecule has 2 aromatic rings. The van der Waals surface area contributed by atoms with Crippen molar-refractivity contribution in [2.24, 2.45) is 0 Å². The fourth-order valence-electron chi connectivity index (χ4n) is 1.84. The third-order valence-electron chi connectivity index (χ3n) is 2.94. The number of Topliss-reactive ketones (excluding diaryl/α,β-unsaturated/α-hetero) is 1. The molecule has 0 saturated heterocycles. The first-order valence-corrected chi connectivity index (χ1v) is 7.37. The van der Waals surface area contributed by atoms with Crippen molar-refractivity contribution in [3.05, 3.63) is 63.1 Å². The molecule has 0 aliphatic carbocycles. The quantitative estimate of drug-likeness (QED) is 0.718. The molecule has 0 bridgehead atoms. The lowest BCUT2D eigenvalue weighted by molar-refractivity contribution is 0.0817. The van der Waals surface area contributed by atoms with Crippen LogP contribution in [0.1, 0.15) is 22.8 Å². The molecule has 0 aliphatic heterocycles. The molecule has 0 spiro atoms. The minimum atomic E-state index is -0.545. The monoisotopic (exact) mass is 352 g/mol. The maximum Gasteiger partial charge on any atom is 0.202 e. The molecule has 0 N–H and O–H groups in total. The second-order valence-corrected chi connectivity index (χ2v) is 5.89. The smallest absolute Gasteiger partial charge is 0.202 e. The molecule has 104 valence electrons. The van der Waals surface area contributed by atoms with Crippen LogP contribution in [0.2, 0.25) is 5.02 Å². The summed E-state index contributed by atoms with van der Waals surface area (Å²) in [5.74, 6) is 0.624. The molecule has 0 aliphatic rings. The maximum atomic E-state index is 12.3. The van der Waals surface area contributed by atoms with Gasteiger partial charge in [-0.3, -0.25) is 4.79 Å². The van der Waals surface area contributed by atoms with Gasteiger partial charge in [0.15, 0.2) is 6.10 Å². The van der Waals surface area contributed by atoms with E-state index in [0.717, 1.165) is 10.0 Å². The number of aryl methyl sites for hydroxylation is 1. The van der Waals surface area contributed by atoms with Gasteiger partial charge in [-0.2, -0.15) is 0 Å². The Morgan fingerprint density at radius 1 is 1.20 bits per heavy atom. The van der Waals surface area contributed by atoms with Crippen molar-refractivity contribution in [3.8, 4) is 5.75 Å². The Hall–Kier alpha value is -1.32. The Morgan fingerprint density at radius 2 is 1.85 bits per heavy atom. The van der Waals surface area contributed by atoms with Gasteiger partial charge in [0.25, 0.3) is 0 Å². The molecule has 0 radical (unpaired) electrons. The highest BCUT2D eigenvalue weighted by Gasteiger charge is 2.17. The van der Waals surface area contributed by atoms with E-state index in [1.54, 1.807) is 31.2 Å².